The van der Waals surface area contributed by atoms with Gasteiger partial charge in [0.15, 0.2) is 0 Å². The maximum atomic E-state index is 13.0. The third kappa shape index (κ3) is 1.94. The van der Waals surface area contributed by atoms with Crippen molar-refractivity contribution in [2.75, 3.05) is 13.1 Å². The van der Waals surface area contributed by atoms with Gasteiger partial charge in [-0.3, -0.25) is 0 Å². The lowest BCUT2D eigenvalue weighted by Crippen LogP contribution is -2.32. The molecule has 3 rings (SSSR count). The normalized spacial score (nSPS) is 30.2. The summed E-state index contributed by atoms with van der Waals surface area (Å²) in [6, 6.07) is 3.78. The first-order valence-electron chi connectivity index (χ1n) is 5.98. The molecule has 1 aromatic carbocycles. The van der Waals surface area contributed by atoms with Gasteiger partial charge in [-0.2, -0.15) is 0 Å². The van der Waals surface area contributed by atoms with Crippen molar-refractivity contribution in [3.63, 3.8) is 0 Å². The molecule has 2 unspecified atom stereocenters. The van der Waals surface area contributed by atoms with Gasteiger partial charge in [0.25, 0.3) is 0 Å². The van der Waals surface area contributed by atoms with Crippen LogP contribution in [0.25, 0.3) is 0 Å². The van der Waals surface area contributed by atoms with Crippen molar-refractivity contribution < 1.29 is 12.8 Å². The zero-order valence-corrected chi connectivity index (χ0v) is 10.8. The summed E-state index contributed by atoms with van der Waals surface area (Å²) < 4.78 is 40.1. The summed E-state index contributed by atoms with van der Waals surface area (Å²) in [7, 11) is -3.53. The monoisotopic (exact) mass is 270 g/mol. The van der Waals surface area contributed by atoms with E-state index in [1.165, 1.54) is 18.2 Å². The van der Waals surface area contributed by atoms with Crippen LogP contribution in [0.3, 0.4) is 0 Å². The van der Waals surface area contributed by atoms with E-state index in [-0.39, 0.29) is 10.9 Å². The SMILES string of the molecule is Cc1cc(F)ccc1S(=O)(=O)NC1C2CNCC21. The topological polar surface area (TPSA) is 58.2 Å². The van der Waals surface area contributed by atoms with Gasteiger partial charge in [0.2, 0.25) is 10.0 Å². The van der Waals surface area contributed by atoms with Gasteiger partial charge in [0, 0.05) is 6.04 Å². The molecule has 0 radical (unpaired) electrons. The fourth-order valence-corrected chi connectivity index (χ4v) is 4.31. The molecule has 1 aromatic rings. The maximum Gasteiger partial charge on any atom is 0.241 e. The second kappa shape index (κ2) is 4.01. The van der Waals surface area contributed by atoms with Gasteiger partial charge >= 0.3 is 0 Å². The lowest BCUT2D eigenvalue weighted by atomic mass is 10.2. The molecule has 18 heavy (non-hydrogen) atoms. The minimum Gasteiger partial charge on any atom is -0.316 e. The van der Waals surface area contributed by atoms with E-state index in [4.69, 9.17) is 0 Å². The van der Waals surface area contributed by atoms with E-state index >= 15 is 0 Å². The summed E-state index contributed by atoms with van der Waals surface area (Å²) in [6.45, 7) is 3.35. The van der Waals surface area contributed by atoms with Crippen molar-refractivity contribution >= 4 is 10.0 Å². The molecule has 1 saturated heterocycles. The minimum absolute atomic E-state index is 0.0423. The standard InChI is InChI=1S/C12H15FN2O2S/c1-7-4-8(13)2-3-11(7)18(16,17)15-12-9-5-14-6-10(9)12/h2-4,9-10,12,14-15H,5-6H2,1H3. The molecular weight excluding hydrogens is 255 g/mol. The Hall–Kier alpha value is -0.980. The minimum atomic E-state index is -3.53. The Bertz CT molecular complexity index is 578. The molecule has 1 aliphatic heterocycles. The number of benzene rings is 1. The molecule has 4 nitrogen and oxygen atoms in total. The Balaban J connectivity index is 1.82. The number of piperidine rings is 1. The molecule has 2 fully saturated rings. The number of hydrogen-bond donors (Lipinski definition) is 2. The molecule has 2 atom stereocenters. The molecule has 6 heteroatoms. The van der Waals surface area contributed by atoms with Crippen LogP contribution in [-0.2, 0) is 10.0 Å². The second-order valence-electron chi connectivity index (χ2n) is 5.04. The molecule has 2 N–H and O–H groups in total. The van der Waals surface area contributed by atoms with E-state index < -0.39 is 15.8 Å². The summed E-state index contributed by atoms with van der Waals surface area (Å²) in [4.78, 5) is 0.168. The third-order valence-electron chi connectivity index (χ3n) is 3.81. The van der Waals surface area contributed by atoms with Crippen molar-refractivity contribution in [2.24, 2.45) is 11.8 Å². The van der Waals surface area contributed by atoms with Crippen molar-refractivity contribution in [2.45, 2.75) is 17.9 Å². The van der Waals surface area contributed by atoms with Gasteiger partial charge in [-0.25, -0.2) is 17.5 Å². The predicted octanol–water partition coefficient (Wildman–Crippen LogP) is 0.630. The van der Waals surface area contributed by atoms with Gasteiger partial charge in [0.05, 0.1) is 4.90 Å². The van der Waals surface area contributed by atoms with Crippen molar-refractivity contribution in [1.82, 2.24) is 10.0 Å². The Morgan fingerprint density at radius 3 is 2.61 bits per heavy atom. The Morgan fingerprint density at radius 1 is 1.33 bits per heavy atom. The summed E-state index contributed by atoms with van der Waals surface area (Å²) in [5.41, 5.74) is 0.437. The number of sulfonamides is 1. The smallest absolute Gasteiger partial charge is 0.241 e. The number of fused-ring (bicyclic) bond motifs is 1. The number of aryl methyl sites for hydroxylation is 1. The van der Waals surface area contributed by atoms with E-state index in [2.05, 4.69) is 10.0 Å². The molecule has 2 aliphatic rings. The zero-order chi connectivity index (χ0) is 12.9. The highest BCUT2D eigenvalue weighted by Crippen LogP contribution is 2.42. The van der Waals surface area contributed by atoms with Gasteiger partial charge in [-0.15, -0.1) is 0 Å². The summed E-state index contributed by atoms with van der Waals surface area (Å²) in [6.07, 6.45) is 0. The van der Waals surface area contributed by atoms with Gasteiger partial charge in [-0.05, 0) is 55.6 Å². The molecule has 1 saturated carbocycles. The van der Waals surface area contributed by atoms with E-state index in [0.29, 0.717) is 17.4 Å². The van der Waals surface area contributed by atoms with Crippen LogP contribution in [0, 0.1) is 24.6 Å². The van der Waals surface area contributed by atoms with Crippen LogP contribution in [-0.4, -0.2) is 27.5 Å². The fraction of sp³-hybridized carbons (Fsp3) is 0.500. The van der Waals surface area contributed by atoms with E-state index in [1.807, 2.05) is 0 Å². The Morgan fingerprint density at radius 2 is 2.00 bits per heavy atom. The van der Waals surface area contributed by atoms with Crippen LogP contribution in [0.4, 0.5) is 4.39 Å². The molecule has 0 amide bonds. The largest absolute Gasteiger partial charge is 0.316 e. The summed E-state index contributed by atoms with van der Waals surface area (Å²) >= 11 is 0. The first-order chi connectivity index (χ1) is 8.49. The molecular formula is C12H15FN2O2S. The third-order valence-corrected chi connectivity index (χ3v) is 5.43. The Kier molecular flexibility index (Phi) is 2.69. The van der Waals surface area contributed by atoms with Crippen molar-refractivity contribution in [3.8, 4) is 0 Å². The number of nitrogens with one attached hydrogen (secondary N) is 2. The van der Waals surface area contributed by atoms with Crippen LogP contribution in [0.5, 0.6) is 0 Å². The number of rotatable bonds is 3. The predicted molar refractivity (Wildman–Crippen MR) is 65.1 cm³/mol. The first-order valence-corrected chi connectivity index (χ1v) is 7.46. The molecule has 0 spiro atoms. The molecule has 98 valence electrons. The lowest BCUT2D eigenvalue weighted by Gasteiger charge is -2.10. The van der Waals surface area contributed by atoms with Crippen LogP contribution < -0.4 is 10.0 Å². The average Bonchev–Trinajstić information content (AvgIpc) is 2.74. The molecule has 1 heterocycles. The van der Waals surface area contributed by atoms with Gasteiger partial charge < -0.3 is 5.32 Å². The van der Waals surface area contributed by atoms with Crippen LogP contribution in [0.2, 0.25) is 0 Å². The highest BCUT2D eigenvalue weighted by molar-refractivity contribution is 7.89. The van der Waals surface area contributed by atoms with E-state index in [9.17, 15) is 12.8 Å². The van der Waals surface area contributed by atoms with E-state index in [1.54, 1.807) is 6.92 Å². The zero-order valence-electron chi connectivity index (χ0n) is 9.98. The summed E-state index contributed by atoms with van der Waals surface area (Å²) in [5.74, 6) is 0.417. The average molecular weight is 270 g/mol. The highest BCUT2D eigenvalue weighted by atomic mass is 32.2. The van der Waals surface area contributed by atoms with Crippen LogP contribution >= 0.6 is 0 Å². The maximum absolute atomic E-state index is 13.0. The number of halogens is 1. The van der Waals surface area contributed by atoms with Gasteiger partial charge in [0.1, 0.15) is 5.82 Å². The van der Waals surface area contributed by atoms with Crippen molar-refractivity contribution in [1.29, 1.82) is 0 Å². The lowest BCUT2D eigenvalue weighted by molar-refractivity contribution is 0.564. The first kappa shape index (κ1) is 12.1. The quantitative estimate of drug-likeness (QED) is 0.847. The van der Waals surface area contributed by atoms with Gasteiger partial charge in [-0.1, -0.05) is 0 Å². The van der Waals surface area contributed by atoms with Crippen molar-refractivity contribution in [3.05, 3.63) is 29.6 Å². The van der Waals surface area contributed by atoms with Crippen LogP contribution in [0.1, 0.15) is 5.56 Å². The summed E-state index contributed by atoms with van der Waals surface area (Å²) in [5, 5.41) is 3.21. The molecule has 0 bridgehead atoms. The second-order valence-corrected chi connectivity index (χ2v) is 6.73. The van der Waals surface area contributed by atoms with E-state index in [0.717, 1.165) is 13.1 Å². The molecule has 1 aliphatic carbocycles. The fourth-order valence-electron chi connectivity index (χ4n) is 2.75. The molecule has 0 aromatic heterocycles. The highest BCUT2D eigenvalue weighted by Gasteiger charge is 2.54. The number of hydrogen-bond acceptors (Lipinski definition) is 3. The Labute approximate surface area is 106 Å². The van der Waals surface area contributed by atoms with Crippen LogP contribution in [0.15, 0.2) is 23.1 Å².